The number of hydrogen-bond donors (Lipinski definition) is 0. The second kappa shape index (κ2) is 5.12. The highest BCUT2D eigenvalue weighted by molar-refractivity contribution is 6.32. The molecule has 0 N–H and O–H groups in total. The van der Waals surface area contributed by atoms with Crippen LogP contribution in [0.3, 0.4) is 0 Å². The molecule has 0 aromatic heterocycles. The maximum Gasteiger partial charge on any atom is 0.170 e. The minimum absolute atomic E-state index is 0.0938. The van der Waals surface area contributed by atoms with Crippen molar-refractivity contribution < 1.29 is 14.3 Å². The zero-order chi connectivity index (χ0) is 12.3. The lowest BCUT2D eigenvalue weighted by Gasteiger charge is -2.08. The van der Waals surface area contributed by atoms with Gasteiger partial charge in [0, 0.05) is 5.56 Å². The number of carbonyl (C=O) groups excluding carboxylic acids is 2. The second-order valence-electron chi connectivity index (χ2n) is 3.60. The van der Waals surface area contributed by atoms with Crippen molar-refractivity contribution in [2.45, 2.75) is 20.3 Å². The molecule has 0 fully saturated rings. The quantitative estimate of drug-likeness (QED) is 0.600. The Bertz CT molecular complexity index is 438. The van der Waals surface area contributed by atoms with Gasteiger partial charge in [0.05, 0.1) is 18.6 Å². The van der Waals surface area contributed by atoms with Crippen LogP contribution in [0.15, 0.2) is 12.1 Å². The summed E-state index contributed by atoms with van der Waals surface area (Å²) in [7, 11) is 1.51. The summed E-state index contributed by atoms with van der Waals surface area (Å²) in [5.74, 6) is 0.157. The smallest absolute Gasteiger partial charge is 0.170 e. The van der Waals surface area contributed by atoms with Crippen molar-refractivity contribution in [3.63, 3.8) is 0 Å². The van der Waals surface area contributed by atoms with E-state index in [-0.39, 0.29) is 18.0 Å². The molecule has 0 spiro atoms. The summed E-state index contributed by atoms with van der Waals surface area (Å²) in [6, 6.07) is 3.23. The molecule has 4 heteroatoms. The van der Waals surface area contributed by atoms with Gasteiger partial charge >= 0.3 is 0 Å². The normalized spacial score (nSPS) is 10.0. The fraction of sp³-hybridized carbons (Fsp3) is 0.333. The zero-order valence-corrected chi connectivity index (χ0v) is 10.2. The van der Waals surface area contributed by atoms with Crippen molar-refractivity contribution in [3.05, 3.63) is 28.3 Å². The van der Waals surface area contributed by atoms with E-state index < -0.39 is 0 Å². The van der Waals surface area contributed by atoms with E-state index in [1.54, 1.807) is 19.1 Å². The maximum atomic E-state index is 11.7. The highest BCUT2D eigenvalue weighted by Crippen LogP contribution is 2.28. The Morgan fingerprint density at radius 3 is 2.50 bits per heavy atom. The molecule has 1 aromatic rings. The number of methoxy groups -OCH3 is 1. The van der Waals surface area contributed by atoms with Gasteiger partial charge in [0.25, 0.3) is 0 Å². The van der Waals surface area contributed by atoms with Crippen molar-refractivity contribution in [2.75, 3.05) is 7.11 Å². The molecular formula is C12H13ClO3. The molecule has 86 valence electrons. The van der Waals surface area contributed by atoms with Crippen LogP contribution in [-0.2, 0) is 4.79 Å². The fourth-order valence-electron chi connectivity index (χ4n) is 1.43. The van der Waals surface area contributed by atoms with E-state index in [4.69, 9.17) is 16.3 Å². The predicted octanol–water partition coefficient (Wildman–Crippen LogP) is 2.82. The molecular weight excluding hydrogens is 228 g/mol. The molecule has 0 heterocycles. The number of benzene rings is 1. The van der Waals surface area contributed by atoms with Crippen LogP contribution in [0.5, 0.6) is 5.75 Å². The topological polar surface area (TPSA) is 43.4 Å². The number of carbonyl (C=O) groups is 2. The summed E-state index contributed by atoms with van der Waals surface area (Å²) in [5, 5.41) is 0.375. The number of hydrogen-bond acceptors (Lipinski definition) is 3. The summed E-state index contributed by atoms with van der Waals surface area (Å²) in [6.45, 7) is 3.17. The number of aryl methyl sites for hydroxylation is 1. The van der Waals surface area contributed by atoms with Crippen molar-refractivity contribution in [3.8, 4) is 5.75 Å². The largest absolute Gasteiger partial charge is 0.495 e. The molecule has 0 atom stereocenters. The average molecular weight is 241 g/mol. The summed E-state index contributed by atoms with van der Waals surface area (Å²) < 4.78 is 5.03. The highest BCUT2D eigenvalue weighted by atomic mass is 35.5. The summed E-state index contributed by atoms with van der Waals surface area (Å²) >= 11 is 5.92. The van der Waals surface area contributed by atoms with E-state index in [1.165, 1.54) is 14.0 Å². The van der Waals surface area contributed by atoms with Gasteiger partial charge in [0.15, 0.2) is 5.78 Å². The molecule has 0 saturated carbocycles. The van der Waals surface area contributed by atoms with Crippen molar-refractivity contribution in [1.29, 1.82) is 0 Å². The van der Waals surface area contributed by atoms with Crippen LogP contribution in [0.1, 0.15) is 29.3 Å². The Kier molecular flexibility index (Phi) is 4.07. The Labute approximate surface area is 99.4 Å². The van der Waals surface area contributed by atoms with Gasteiger partial charge in [-0.3, -0.25) is 9.59 Å². The second-order valence-corrected chi connectivity index (χ2v) is 4.01. The molecule has 0 aliphatic heterocycles. The van der Waals surface area contributed by atoms with Gasteiger partial charge in [-0.25, -0.2) is 0 Å². The van der Waals surface area contributed by atoms with E-state index in [2.05, 4.69) is 0 Å². The van der Waals surface area contributed by atoms with Crippen molar-refractivity contribution in [2.24, 2.45) is 0 Å². The van der Waals surface area contributed by atoms with E-state index in [0.29, 0.717) is 16.3 Å². The molecule has 0 amide bonds. The molecule has 0 aliphatic rings. The standard InChI is InChI=1S/C12H13ClO3/c1-7-4-12(16-3)10(13)6-9(7)11(15)5-8(2)14/h4,6H,5H2,1-3H3. The molecule has 0 bridgehead atoms. The molecule has 1 rings (SSSR count). The van der Waals surface area contributed by atoms with E-state index in [1.807, 2.05) is 0 Å². The number of Topliss-reactive ketones (excluding diaryl/α,β-unsaturated/α-hetero) is 2. The Morgan fingerprint density at radius 2 is 2.00 bits per heavy atom. The third kappa shape index (κ3) is 2.83. The van der Waals surface area contributed by atoms with Gasteiger partial charge in [-0.2, -0.15) is 0 Å². The van der Waals surface area contributed by atoms with E-state index >= 15 is 0 Å². The van der Waals surface area contributed by atoms with Gasteiger partial charge in [0.1, 0.15) is 11.5 Å². The van der Waals surface area contributed by atoms with Gasteiger partial charge in [-0.1, -0.05) is 11.6 Å². The lowest BCUT2D eigenvalue weighted by Crippen LogP contribution is -2.07. The van der Waals surface area contributed by atoms with Gasteiger partial charge in [0.2, 0.25) is 0 Å². The first-order valence-electron chi connectivity index (χ1n) is 4.82. The van der Waals surface area contributed by atoms with Crippen molar-refractivity contribution in [1.82, 2.24) is 0 Å². The van der Waals surface area contributed by atoms with Crippen molar-refractivity contribution >= 4 is 23.2 Å². The minimum Gasteiger partial charge on any atom is -0.495 e. The lowest BCUT2D eigenvalue weighted by molar-refractivity contribution is -0.116. The first-order valence-corrected chi connectivity index (χ1v) is 5.20. The maximum absolute atomic E-state index is 11.7. The molecule has 0 aliphatic carbocycles. The van der Waals surface area contributed by atoms with E-state index in [0.717, 1.165) is 5.56 Å². The van der Waals surface area contributed by atoms with Crippen LogP contribution in [0, 0.1) is 6.92 Å². The van der Waals surface area contributed by atoms with Crippen LogP contribution in [0.4, 0.5) is 0 Å². The van der Waals surface area contributed by atoms with Gasteiger partial charge in [-0.15, -0.1) is 0 Å². The Morgan fingerprint density at radius 1 is 1.38 bits per heavy atom. The van der Waals surface area contributed by atoms with E-state index in [9.17, 15) is 9.59 Å². The predicted molar refractivity (Wildman–Crippen MR) is 62.4 cm³/mol. The molecule has 0 saturated heterocycles. The number of ketones is 2. The summed E-state index contributed by atoms with van der Waals surface area (Å²) in [5.41, 5.74) is 1.23. The highest BCUT2D eigenvalue weighted by Gasteiger charge is 2.14. The molecule has 16 heavy (non-hydrogen) atoms. The monoisotopic (exact) mass is 240 g/mol. The summed E-state index contributed by atoms with van der Waals surface area (Å²) in [4.78, 5) is 22.6. The van der Waals surface area contributed by atoms with Crippen LogP contribution in [0.25, 0.3) is 0 Å². The average Bonchev–Trinajstić information content (AvgIpc) is 2.19. The van der Waals surface area contributed by atoms with Crippen LogP contribution < -0.4 is 4.74 Å². The number of halogens is 1. The fourth-order valence-corrected chi connectivity index (χ4v) is 1.67. The molecule has 0 unspecified atom stereocenters. The van der Waals surface area contributed by atoms with Gasteiger partial charge < -0.3 is 4.74 Å². The first-order chi connectivity index (χ1) is 7.45. The summed E-state index contributed by atoms with van der Waals surface area (Å²) in [6.07, 6.45) is -0.0938. The minimum atomic E-state index is -0.213. The lowest BCUT2D eigenvalue weighted by atomic mass is 10.0. The van der Waals surface area contributed by atoms with Crippen LogP contribution in [0.2, 0.25) is 5.02 Å². The van der Waals surface area contributed by atoms with Crippen LogP contribution >= 0.6 is 11.6 Å². The third-order valence-corrected chi connectivity index (χ3v) is 2.50. The van der Waals surface area contributed by atoms with Crippen LogP contribution in [-0.4, -0.2) is 18.7 Å². The number of rotatable bonds is 4. The number of ether oxygens (including phenoxy) is 1. The first kappa shape index (κ1) is 12.7. The molecule has 0 radical (unpaired) electrons. The Balaban J connectivity index is 3.10. The molecule has 1 aromatic carbocycles. The molecule has 3 nitrogen and oxygen atoms in total. The zero-order valence-electron chi connectivity index (χ0n) is 9.46. The Hall–Kier alpha value is -1.35. The van der Waals surface area contributed by atoms with Gasteiger partial charge in [-0.05, 0) is 31.5 Å². The SMILES string of the molecule is COc1cc(C)c(C(=O)CC(C)=O)cc1Cl. The third-order valence-electron chi connectivity index (χ3n) is 2.21.